The molecule has 0 unspecified atom stereocenters. The van der Waals surface area contributed by atoms with E-state index in [1.807, 2.05) is 18.9 Å². The van der Waals surface area contributed by atoms with Gasteiger partial charge >= 0.3 is 6.18 Å². The number of hydrogen-bond acceptors (Lipinski definition) is 1. The highest BCUT2D eigenvalue weighted by Gasteiger charge is 2.35. The van der Waals surface area contributed by atoms with Gasteiger partial charge in [0, 0.05) is 18.1 Å². The minimum absolute atomic E-state index is 0.0923. The van der Waals surface area contributed by atoms with E-state index in [0.29, 0.717) is 11.6 Å². The van der Waals surface area contributed by atoms with Crippen molar-refractivity contribution in [1.29, 1.82) is 0 Å². The lowest BCUT2D eigenvalue weighted by Crippen LogP contribution is -2.14. The summed E-state index contributed by atoms with van der Waals surface area (Å²) in [6.45, 7) is 2.71. The molecular formula is C14H16BrF3N2. The molecule has 0 N–H and O–H groups in total. The van der Waals surface area contributed by atoms with Crippen LogP contribution in [-0.2, 0) is 6.18 Å². The smallest absolute Gasteiger partial charge is 0.366 e. The molecular weight excluding hydrogens is 333 g/mol. The molecule has 0 radical (unpaired) electrons. The average Bonchev–Trinajstić information content (AvgIpc) is 3.19. The van der Waals surface area contributed by atoms with Gasteiger partial charge in [0.05, 0.1) is 17.6 Å². The standard InChI is InChI=1S/C14H16BrF3N2/c1-3-20(2)8-19-13-7-11(14(16,17)18)12(15)6-10(13)9-4-5-9/h6-9H,3-5H2,1-2H3. The Morgan fingerprint density at radius 2 is 2.05 bits per heavy atom. The second-order valence-electron chi connectivity index (χ2n) is 4.98. The van der Waals surface area contributed by atoms with Gasteiger partial charge in [0.25, 0.3) is 0 Å². The average molecular weight is 349 g/mol. The second kappa shape index (κ2) is 5.76. The van der Waals surface area contributed by atoms with E-state index in [-0.39, 0.29) is 4.47 Å². The Morgan fingerprint density at radius 3 is 2.55 bits per heavy atom. The molecule has 6 heteroatoms. The Morgan fingerprint density at radius 1 is 1.40 bits per heavy atom. The number of aliphatic imine (C=N–C) groups is 1. The van der Waals surface area contributed by atoms with Crippen molar-refractivity contribution in [2.75, 3.05) is 13.6 Å². The van der Waals surface area contributed by atoms with E-state index in [0.717, 1.165) is 31.0 Å². The molecule has 2 rings (SSSR count). The number of halogens is 4. The fourth-order valence-corrected chi connectivity index (χ4v) is 2.46. The first-order valence-corrected chi connectivity index (χ1v) is 7.27. The zero-order valence-corrected chi connectivity index (χ0v) is 12.9. The fraction of sp³-hybridized carbons (Fsp3) is 0.500. The van der Waals surface area contributed by atoms with Crippen LogP contribution in [0.25, 0.3) is 0 Å². The quantitative estimate of drug-likeness (QED) is 0.554. The molecule has 1 aromatic rings. The predicted molar refractivity (Wildman–Crippen MR) is 77.6 cm³/mol. The zero-order valence-electron chi connectivity index (χ0n) is 11.3. The molecule has 1 fully saturated rings. The molecule has 0 spiro atoms. The maximum Gasteiger partial charge on any atom is 0.417 e. The number of hydrogen-bond donors (Lipinski definition) is 0. The highest BCUT2D eigenvalue weighted by Crippen LogP contribution is 2.48. The van der Waals surface area contributed by atoms with Crippen LogP contribution in [0.5, 0.6) is 0 Å². The van der Waals surface area contributed by atoms with Gasteiger partial charge in [-0.2, -0.15) is 13.2 Å². The summed E-state index contributed by atoms with van der Waals surface area (Å²) in [5.74, 6) is 0.340. The number of rotatable bonds is 4. The van der Waals surface area contributed by atoms with Gasteiger partial charge in [0.1, 0.15) is 0 Å². The summed E-state index contributed by atoms with van der Waals surface area (Å²) < 4.78 is 38.9. The number of benzene rings is 1. The lowest BCUT2D eigenvalue weighted by atomic mass is 10.0. The largest absolute Gasteiger partial charge is 0.417 e. The maximum absolute atomic E-state index is 12.9. The summed E-state index contributed by atoms with van der Waals surface area (Å²) in [6, 6.07) is 2.71. The van der Waals surface area contributed by atoms with Crippen LogP contribution in [0, 0.1) is 0 Å². The molecule has 20 heavy (non-hydrogen) atoms. The Balaban J connectivity index is 2.43. The van der Waals surface area contributed by atoms with E-state index in [4.69, 9.17) is 0 Å². The summed E-state index contributed by atoms with van der Waals surface area (Å²) >= 11 is 3.02. The summed E-state index contributed by atoms with van der Waals surface area (Å²) in [7, 11) is 1.84. The van der Waals surface area contributed by atoms with Gasteiger partial charge in [0.2, 0.25) is 0 Å². The second-order valence-corrected chi connectivity index (χ2v) is 5.84. The summed E-state index contributed by atoms with van der Waals surface area (Å²) in [5, 5.41) is 0. The van der Waals surface area contributed by atoms with Crippen LogP contribution in [0.15, 0.2) is 21.6 Å². The normalized spacial score (nSPS) is 15.9. The van der Waals surface area contributed by atoms with E-state index < -0.39 is 11.7 Å². The monoisotopic (exact) mass is 348 g/mol. The molecule has 1 aliphatic rings. The third kappa shape index (κ3) is 3.53. The van der Waals surface area contributed by atoms with Crippen molar-refractivity contribution in [2.45, 2.75) is 31.9 Å². The molecule has 0 bridgehead atoms. The van der Waals surface area contributed by atoms with E-state index in [9.17, 15) is 13.2 Å². The van der Waals surface area contributed by atoms with Crippen LogP contribution in [0.3, 0.4) is 0 Å². The summed E-state index contributed by atoms with van der Waals surface area (Å²) in [6.07, 6.45) is -0.759. The fourth-order valence-electron chi connectivity index (χ4n) is 1.87. The molecule has 0 aliphatic heterocycles. The Labute approximate surface area is 124 Å². The van der Waals surface area contributed by atoms with Crippen LogP contribution < -0.4 is 0 Å². The van der Waals surface area contributed by atoms with Crippen LogP contribution in [-0.4, -0.2) is 24.8 Å². The number of nitrogens with zero attached hydrogens (tertiary/aromatic N) is 2. The first-order chi connectivity index (χ1) is 9.32. The van der Waals surface area contributed by atoms with Crippen molar-refractivity contribution in [1.82, 2.24) is 4.90 Å². The summed E-state index contributed by atoms with van der Waals surface area (Å²) in [5.41, 5.74) is 0.641. The van der Waals surface area contributed by atoms with Gasteiger partial charge in [-0.15, -0.1) is 0 Å². The molecule has 0 aromatic heterocycles. The van der Waals surface area contributed by atoms with Crippen molar-refractivity contribution in [3.05, 3.63) is 27.7 Å². The first-order valence-electron chi connectivity index (χ1n) is 6.48. The molecule has 1 aromatic carbocycles. The van der Waals surface area contributed by atoms with Gasteiger partial charge in [-0.25, -0.2) is 4.99 Å². The highest BCUT2D eigenvalue weighted by molar-refractivity contribution is 9.10. The van der Waals surface area contributed by atoms with Crippen molar-refractivity contribution in [2.24, 2.45) is 4.99 Å². The maximum atomic E-state index is 12.9. The molecule has 1 aliphatic carbocycles. The van der Waals surface area contributed by atoms with Crippen LogP contribution in [0.1, 0.15) is 36.8 Å². The lowest BCUT2D eigenvalue weighted by Gasteiger charge is -2.14. The topological polar surface area (TPSA) is 15.6 Å². The minimum atomic E-state index is -4.37. The minimum Gasteiger partial charge on any atom is -0.366 e. The van der Waals surface area contributed by atoms with Gasteiger partial charge in [-0.1, -0.05) is 15.9 Å². The van der Waals surface area contributed by atoms with Gasteiger partial charge in [-0.05, 0) is 43.4 Å². The molecule has 0 amide bonds. The molecule has 1 saturated carbocycles. The van der Waals surface area contributed by atoms with Gasteiger partial charge < -0.3 is 4.90 Å². The third-order valence-corrected chi connectivity index (χ3v) is 3.99. The molecule has 2 nitrogen and oxygen atoms in total. The predicted octanol–water partition coefficient (Wildman–Crippen LogP) is 4.96. The Hall–Kier alpha value is -1.04. The van der Waals surface area contributed by atoms with Gasteiger partial charge in [0.15, 0.2) is 0 Å². The zero-order chi connectivity index (χ0) is 14.9. The SMILES string of the molecule is CCN(C)C=Nc1cc(C(F)(F)F)c(Br)cc1C1CC1. The van der Waals surface area contributed by atoms with Crippen LogP contribution in [0.4, 0.5) is 18.9 Å². The Bertz CT molecular complexity index is 522. The highest BCUT2D eigenvalue weighted by atomic mass is 79.9. The van der Waals surface area contributed by atoms with E-state index in [2.05, 4.69) is 20.9 Å². The molecule has 0 saturated heterocycles. The molecule has 0 heterocycles. The van der Waals surface area contributed by atoms with Crippen molar-refractivity contribution in [3.63, 3.8) is 0 Å². The van der Waals surface area contributed by atoms with Crippen molar-refractivity contribution in [3.8, 4) is 0 Å². The van der Waals surface area contributed by atoms with E-state index >= 15 is 0 Å². The van der Waals surface area contributed by atoms with Crippen molar-refractivity contribution >= 4 is 28.0 Å². The van der Waals surface area contributed by atoms with E-state index in [1.165, 1.54) is 0 Å². The first kappa shape index (κ1) is 15.4. The van der Waals surface area contributed by atoms with Crippen LogP contribution in [0.2, 0.25) is 0 Å². The molecule has 110 valence electrons. The third-order valence-electron chi connectivity index (χ3n) is 3.33. The lowest BCUT2D eigenvalue weighted by molar-refractivity contribution is -0.138. The van der Waals surface area contributed by atoms with E-state index in [1.54, 1.807) is 12.4 Å². The number of alkyl halides is 3. The summed E-state index contributed by atoms with van der Waals surface area (Å²) in [4.78, 5) is 6.06. The van der Waals surface area contributed by atoms with Gasteiger partial charge in [-0.3, -0.25) is 0 Å². The van der Waals surface area contributed by atoms with Crippen molar-refractivity contribution < 1.29 is 13.2 Å². The molecule has 0 atom stereocenters. The Kier molecular flexibility index (Phi) is 4.42. The van der Waals surface area contributed by atoms with Crippen LogP contribution >= 0.6 is 15.9 Å².